The largest absolute Gasteiger partial charge is 0.358 e. The molecule has 1 heterocycles. The Hall–Kier alpha value is -1.69. The summed E-state index contributed by atoms with van der Waals surface area (Å²) in [6, 6.07) is 14.8. The van der Waals surface area contributed by atoms with Crippen molar-refractivity contribution < 1.29 is 4.39 Å². The fourth-order valence-electron chi connectivity index (χ4n) is 2.89. The summed E-state index contributed by atoms with van der Waals surface area (Å²) in [5, 5.41) is 4.61. The van der Waals surface area contributed by atoms with Gasteiger partial charge in [-0.15, -0.1) is 0 Å². The van der Waals surface area contributed by atoms with E-state index >= 15 is 0 Å². The fourth-order valence-corrected chi connectivity index (χ4v) is 3.37. The number of nitrogens with zero attached hydrogens (tertiary/aromatic N) is 2. The zero-order chi connectivity index (χ0) is 17.6. The first-order valence-corrected chi connectivity index (χ1v) is 9.13. The van der Waals surface area contributed by atoms with Crippen LogP contribution in [0.4, 0.5) is 4.39 Å². The van der Waals surface area contributed by atoms with Crippen molar-refractivity contribution in [2.75, 3.05) is 26.2 Å². The highest BCUT2D eigenvalue weighted by atomic mass is 35.5. The molecule has 0 saturated carbocycles. The standard InChI is InChI=1S/C19H21ClFN3S/c20-18-12-17(21)7-6-16(18)14-23-8-10-24(11-9-23)19(25)22-13-15-4-2-1-3-5-15/h1-7,12H,8-11,13-14H2,(H,22,25). The average molecular weight is 378 g/mol. The number of hydrogen-bond acceptors (Lipinski definition) is 2. The highest BCUT2D eigenvalue weighted by molar-refractivity contribution is 7.80. The molecule has 0 aliphatic carbocycles. The van der Waals surface area contributed by atoms with Gasteiger partial charge in [0.25, 0.3) is 0 Å². The number of hydrogen-bond donors (Lipinski definition) is 1. The van der Waals surface area contributed by atoms with Crippen LogP contribution in [0.15, 0.2) is 48.5 Å². The van der Waals surface area contributed by atoms with Crippen LogP contribution < -0.4 is 5.32 Å². The molecule has 2 aromatic rings. The van der Waals surface area contributed by atoms with Gasteiger partial charge in [0.1, 0.15) is 5.82 Å². The third-order valence-corrected chi connectivity index (χ3v) is 5.11. The Morgan fingerprint density at radius 3 is 2.48 bits per heavy atom. The molecule has 0 unspecified atom stereocenters. The molecule has 0 bridgehead atoms. The minimum atomic E-state index is -0.298. The number of benzene rings is 2. The second-order valence-corrected chi connectivity index (χ2v) is 6.94. The van der Waals surface area contributed by atoms with Gasteiger partial charge in [0.15, 0.2) is 5.11 Å². The van der Waals surface area contributed by atoms with Crippen LogP contribution >= 0.6 is 23.8 Å². The van der Waals surface area contributed by atoms with E-state index in [1.807, 2.05) is 18.2 Å². The van der Waals surface area contributed by atoms with E-state index in [1.165, 1.54) is 17.7 Å². The third kappa shape index (κ3) is 5.14. The molecule has 1 fully saturated rings. The molecule has 0 atom stereocenters. The van der Waals surface area contributed by atoms with Crippen molar-refractivity contribution in [1.82, 2.24) is 15.1 Å². The number of thiocarbonyl (C=S) groups is 1. The highest BCUT2D eigenvalue weighted by Crippen LogP contribution is 2.19. The van der Waals surface area contributed by atoms with Crippen LogP contribution in [-0.4, -0.2) is 41.1 Å². The smallest absolute Gasteiger partial charge is 0.169 e. The van der Waals surface area contributed by atoms with Gasteiger partial charge in [-0.1, -0.05) is 48.0 Å². The Kier molecular flexibility index (Phi) is 6.24. The van der Waals surface area contributed by atoms with Crippen LogP contribution in [0.5, 0.6) is 0 Å². The molecule has 1 N–H and O–H groups in total. The molecule has 0 aromatic heterocycles. The van der Waals surface area contributed by atoms with Crippen molar-refractivity contribution in [2.24, 2.45) is 0 Å². The van der Waals surface area contributed by atoms with Gasteiger partial charge in [0.05, 0.1) is 0 Å². The highest BCUT2D eigenvalue weighted by Gasteiger charge is 2.19. The van der Waals surface area contributed by atoms with Crippen molar-refractivity contribution in [3.05, 3.63) is 70.5 Å². The molecule has 3 rings (SSSR count). The first-order valence-electron chi connectivity index (χ1n) is 8.35. The Balaban J connectivity index is 1.45. The molecule has 25 heavy (non-hydrogen) atoms. The van der Waals surface area contributed by atoms with Gasteiger partial charge in [-0.25, -0.2) is 4.39 Å². The number of nitrogens with one attached hydrogen (secondary N) is 1. The lowest BCUT2D eigenvalue weighted by atomic mass is 10.2. The van der Waals surface area contributed by atoms with Gasteiger partial charge < -0.3 is 10.2 Å². The van der Waals surface area contributed by atoms with Crippen molar-refractivity contribution in [2.45, 2.75) is 13.1 Å². The zero-order valence-corrected chi connectivity index (χ0v) is 15.5. The van der Waals surface area contributed by atoms with E-state index in [1.54, 1.807) is 6.07 Å². The SMILES string of the molecule is Fc1ccc(CN2CCN(C(=S)NCc3ccccc3)CC2)c(Cl)c1. The van der Waals surface area contributed by atoms with Gasteiger partial charge in [-0.3, -0.25) is 4.90 Å². The molecule has 0 radical (unpaired) electrons. The van der Waals surface area contributed by atoms with Crippen LogP contribution in [-0.2, 0) is 13.1 Å². The third-order valence-electron chi connectivity index (χ3n) is 4.36. The Morgan fingerprint density at radius 1 is 1.08 bits per heavy atom. The van der Waals surface area contributed by atoms with Crippen molar-refractivity contribution in [3.63, 3.8) is 0 Å². The second-order valence-electron chi connectivity index (χ2n) is 6.14. The number of piperazine rings is 1. The summed E-state index contributed by atoms with van der Waals surface area (Å²) in [5.74, 6) is -0.298. The van der Waals surface area contributed by atoms with E-state index in [4.69, 9.17) is 23.8 Å². The topological polar surface area (TPSA) is 18.5 Å². The molecule has 1 aliphatic heterocycles. The minimum Gasteiger partial charge on any atom is -0.358 e. The minimum absolute atomic E-state index is 0.298. The van der Waals surface area contributed by atoms with Crippen molar-refractivity contribution in [3.8, 4) is 0 Å². The molecule has 1 saturated heterocycles. The first-order chi connectivity index (χ1) is 12.1. The van der Waals surface area contributed by atoms with Gasteiger partial charge in [-0.2, -0.15) is 0 Å². The lowest BCUT2D eigenvalue weighted by Gasteiger charge is -2.36. The predicted octanol–water partition coefficient (Wildman–Crippen LogP) is 3.67. The average Bonchev–Trinajstić information content (AvgIpc) is 2.63. The van der Waals surface area contributed by atoms with E-state index in [9.17, 15) is 4.39 Å². The van der Waals surface area contributed by atoms with Crippen LogP contribution in [0.3, 0.4) is 0 Å². The Morgan fingerprint density at radius 2 is 1.80 bits per heavy atom. The molecule has 2 aromatic carbocycles. The second kappa shape index (κ2) is 8.61. The normalized spacial score (nSPS) is 15.2. The van der Waals surface area contributed by atoms with E-state index in [2.05, 4.69) is 27.2 Å². The summed E-state index contributed by atoms with van der Waals surface area (Å²) < 4.78 is 13.1. The van der Waals surface area contributed by atoms with Gasteiger partial charge in [0, 0.05) is 44.3 Å². The van der Waals surface area contributed by atoms with Crippen molar-refractivity contribution >= 4 is 28.9 Å². The summed E-state index contributed by atoms with van der Waals surface area (Å²) in [6.45, 7) is 5.03. The lowest BCUT2D eigenvalue weighted by Crippen LogP contribution is -2.51. The number of halogens is 2. The zero-order valence-electron chi connectivity index (χ0n) is 13.9. The predicted molar refractivity (Wildman–Crippen MR) is 104 cm³/mol. The van der Waals surface area contributed by atoms with Crippen LogP contribution in [0.1, 0.15) is 11.1 Å². The first kappa shape index (κ1) is 18.1. The summed E-state index contributed by atoms with van der Waals surface area (Å²) >= 11 is 11.6. The van der Waals surface area contributed by atoms with Gasteiger partial charge in [0.2, 0.25) is 0 Å². The van der Waals surface area contributed by atoms with E-state index < -0.39 is 0 Å². The van der Waals surface area contributed by atoms with E-state index in [0.717, 1.165) is 49.9 Å². The maximum absolute atomic E-state index is 13.1. The molecular formula is C19H21ClFN3S. The van der Waals surface area contributed by atoms with Crippen LogP contribution in [0.25, 0.3) is 0 Å². The number of rotatable bonds is 4. The Bertz CT molecular complexity index is 718. The summed E-state index contributed by atoms with van der Waals surface area (Å²) in [4.78, 5) is 4.51. The van der Waals surface area contributed by atoms with Gasteiger partial charge in [-0.05, 0) is 35.5 Å². The maximum atomic E-state index is 13.1. The molecule has 0 amide bonds. The summed E-state index contributed by atoms with van der Waals surface area (Å²) in [6.07, 6.45) is 0. The summed E-state index contributed by atoms with van der Waals surface area (Å²) in [7, 11) is 0. The van der Waals surface area contributed by atoms with Crippen molar-refractivity contribution in [1.29, 1.82) is 0 Å². The maximum Gasteiger partial charge on any atom is 0.169 e. The monoisotopic (exact) mass is 377 g/mol. The molecule has 3 nitrogen and oxygen atoms in total. The van der Waals surface area contributed by atoms with Crippen LogP contribution in [0, 0.1) is 5.82 Å². The quantitative estimate of drug-likeness (QED) is 0.819. The molecular weight excluding hydrogens is 357 g/mol. The summed E-state index contributed by atoms with van der Waals surface area (Å²) in [5.41, 5.74) is 2.18. The van der Waals surface area contributed by atoms with Crippen LogP contribution in [0.2, 0.25) is 5.02 Å². The molecule has 132 valence electrons. The Labute approximate surface area is 158 Å². The van der Waals surface area contributed by atoms with Gasteiger partial charge >= 0.3 is 0 Å². The molecule has 6 heteroatoms. The molecule has 0 spiro atoms. The lowest BCUT2D eigenvalue weighted by molar-refractivity contribution is 0.174. The fraction of sp³-hybridized carbons (Fsp3) is 0.316. The van der Waals surface area contributed by atoms with E-state index in [0.29, 0.717) is 5.02 Å². The molecule has 1 aliphatic rings. The van der Waals surface area contributed by atoms with E-state index in [-0.39, 0.29) is 5.82 Å².